The molecule has 0 spiro atoms. The van der Waals surface area contributed by atoms with Crippen LogP contribution < -0.4 is 0 Å². The van der Waals surface area contributed by atoms with E-state index in [1.54, 1.807) is 0 Å². The number of halogens is 10. The highest BCUT2D eigenvalue weighted by Crippen LogP contribution is 2.34. The monoisotopic (exact) mass is 428 g/mol. The average molecular weight is 433 g/mol. The van der Waals surface area contributed by atoms with Crippen molar-refractivity contribution in [3.63, 3.8) is 0 Å². The molecular formula is C6H6Cl10. The van der Waals surface area contributed by atoms with E-state index in [1.807, 2.05) is 0 Å². The molecule has 10 heteroatoms. The van der Waals surface area contributed by atoms with Crippen molar-refractivity contribution in [2.75, 3.05) is 5.88 Å². The van der Waals surface area contributed by atoms with E-state index >= 15 is 0 Å². The molecule has 0 fully saturated rings. The molecule has 0 aliphatic heterocycles. The van der Waals surface area contributed by atoms with Crippen molar-refractivity contribution < 1.29 is 0 Å². The van der Waals surface area contributed by atoms with Gasteiger partial charge in [-0.15, -0.1) is 81.2 Å². The molecule has 0 N–H and O–H groups in total. The van der Waals surface area contributed by atoms with Crippen LogP contribution in [-0.2, 0) is 0 Å². The summed E-state index contributed by atoms with van der Waals surface area (Å²) in [7, 11) is 0. The standard InChI is InChI=1S/2C3H3Cl5/c4-1-2(5)3(6,7)8;4-1(2(5)6)3(7)8/h2H,1H2;1-3H. The van der Waals surface area contributed by atoms with Gasteiger partial charge >= 0.3 is 0 Å². The van der Waals surface area contributed by atoms with Crippen molar-refractivity contribution in [2.24, 2.45) is 0 Å². The van der Waals surface area contributed by atoms with E-state index < -0.39 is 24.2 Å². The third kappa shape index (κ3) is 12.0. The summed E-state index contributed by atoms with van der Waals surface area (Å²) in [6.07, 6.45) is 0. The first-order valence-corrected chi connectivity index (χ1v) is 7.79. The highest BCUT2D eigenvalue weighted by molar-refractivity contribution is 6.70. The van der Waals surface area contributed by atoms with Crippen LogP contribution in [0, 0.1) is 0 Å². The smallest absolute Gasteiger partial charge is 0.125 e. The summed E-state index contributed by atoms with van der Waals surface area (Å²) < 4.78 is -1.44. The lowest BCUT2D eigenvalue weighted by atomic mass is 10.5. The van der Waals surface area contributed by atoms with E-state index in [0.29, 0.717) is 0 Å². The number of hydrogen-bond donors (Lipinski definition) is 0. The molecule has 0 nitrogen and oxygen atoms in total. The number of rotatable bonds is 3. The molecule has 0 radical (unpaired) electrons. The second-order valence-corrected chi connectivity index (χ2v) is 8.31. The Morgan fingerprint density at radius 2 is 1.06 bits per heavy atom. The zero-order valence-electron chi connectivity index (χ0n) is 7.30. The SMILES string of the molecule is ClC(Cl)C(Cl)C(Cl)Cl.ClCC(Cl)C(Cl)(Cl)Cl. The van der Waals surface area contributed by atoms with Crippen LogP contribution in [0.15, 0.2) is 0 Å². The minimum Gasteiger partial charge on any atom is -0.125 e. The van der Waals surface area contributed by atoms with Crippen LogP contribution >= 0.6 is 116 Å². The normalized spacial score (nSPS) is 14.1. The van der Waals surface area contributed by atoms with Crippen molar-refractivity contribution >= 4 is 116 Å². The molecule has 0 aromatic heterocycles. The van der Waals surface area contributed by atoms with Crippen LogP contribution in [0.2, 0.25) is 0 Å². The third-order valence-corrected chi connectivity index (χ3v) is 5.15. The fourth-order valence-corrected chi connectivity index (χ4v) is 1.78. The van der Waals surface area contributed by atoms with E-state index in [9.17, 15) is 0 Å². The first kappa shape index (κ1) is 21.2. The fourth-order valence-electron chi connectivity index (χ4n) is 0.197. The Kier molecular flexibility index (Phi) is 14.1. The molecule has 0 amide bonds. The Balaban J connectivity index is 0. The van der Waals surface area contributed by atoms with Gasteiger partial charge in [-0.2, -0.15) is 0 Å². The van der Waals surface area contributed by atoms with Crippen LogP contribution in [-0.4, -0.2) is 30.1 Å². The summed E-state index contributed by atoms with van der Waals surface area (Å²) in [5.41, 5.74) is 0. The van der Waals surface area contributed by atoms with Gasteiger partial charge in [-0.3, -0.25) is 0 Å². The molecule has 0 aliphatic carbocycles. The first-order valence-electron chi connectivity index (χ1n) is 3.51. The van der Waals surface area contributed by atoms with Crippen molar-refractivity contribution in [2.45, 2.75) is 24.2 Å². The van der Waals surface area contributed by atoms with Crippen LogP contribution in [0.1, 0.15) is 0 Å². The van der Waals surface area contributed by atoms with Crippen molar-refractivity contribution in [3.8, 4) is 0 Å². The van der Waals surface area contributed by atoms with E-state index in [0.717, 1.165) is 0 Å². The van der Waals surface area contributed by atoms with Gasteiger partial charge in [0.25, 0.3) is 0 Å². The van der Waals surface area contributed by atoms with E-state index in [4.69, 9.17) is 116 Å². The summed E-state index contributed by atoms with van der Waals surface area (Å²) >= 11 is 53.1. The second-order valence-electron chi connectivity index (χ2n) is 2.28. The minimum absolute atomic E-state index is 0.137. The molecule has 0 aliphatic rings. The van der Waals surface area contributed by atoms with Gasteiger partial charge < -0.3 is 0 Å². The maximum absolute atomic E-state index is 5.42. The molecule has 1 unspecified atom stereocenters. The van der Waals surface area contributed by atoms with Gasteiger partial charge in [-0.05, 0) is 0 Å². The van der Waals surface area contributed by atoms with Crippen LogP contribution in [0.3, 0.4) is 0 Å². The molecule has 0 saturated heterocycles. The third-order valence-electron chi connectivity index (χ3n) is 0.972. The number of hydrogen-bond acceptors (Lipinski definition) is 0. The predicted molar refractivity (Wildman–Crippen MR) is 81.3 cm³/mol. The van der Waals surface area contributed by atoms with E-state index in [1.165, 1.54) is 0 Å². The Morgan fingerprint density at radius 1 is 0.750 bits per heavy atom. The first-order chi connectivity index (χ1) is 7.03. The zero-order chi connectivity index (χ0) is 13.5. The summed E-state index contributed by atoms with van der Waals surface area (Å²) in [6.45, 7) is 0. The molecular weight excluding hydrogens is 427 g/mol. The molecule has 0 aromatic carbocycles. The Labute approximate surface area is 145 Å². The van der Waals surface area contributed by atoms with Gasteiger partial charge in [0.2, 0.25) is 3.79 Å². The van der Waals surface area contributed by atoms with Crippen molar-refractivity contribution in [3.05, 3.63) is 0 Å². The van der Waals surface area contributed by atoms with Gasteiger partial charge in [-0.1, -0.05) is 34.8 Å². The van der Waals surface area contributed by atoms with Gasteiger partial charge in [-0.25, -0.2) is 0 Å². The minimum atomic E-state index is -1.44. The van der Waals surface area contributed by atoms with Crippen LogP contribution in [0.25, 0.3) is 0 Å². The maximum Gasteiger partial charge on any atom is 0.207 e. The Hall–Kier alpha value is 2.90. The molecule has 16 heavy (non-hydrogen) atoms. The van der Waals surface area contributed by atoms with Crippen molar-refractivity contribution in [1.29, 1.82) is 0 Å². The second kappa shape index (κ2) is 10.7. The maximum atomic E-state index is 5.42. The summed E-state index contributed by atoms with van der Waals surface area (Å²) in [5, 5.41) is -1.21. The van der Waals surface area contributed by atoms with E-state index in [-0.39, 0.29) is 5.88 Å². The van der Waals surface area contributed by atoms with Gasteiger partial charge in [0.1, 0.15) is 9.67 Å². The van der Waals surface area contributed by atoms with Crippen LogP contribution in [0.4, 0.5) is 0 Å². The average Bonchev–Trinajstić information content (AvgIpc) is 2.14. The highest BCUT2D eigenvalue weighted by atomic mass is 35.6. The summed E-state index contributed by atoms with van der Waals surface area (Å²) in [6, 6.07) is 0. The van der Waals surface area contributed by atoms with Gasteiger partial charge in [0, 0.05) is 5.88 Å². The summed E-state index contributed by atoms with van der Waals surface area (Å²) in [4.78, 5) is -1.42. The Bertz CT molecular complexity index is 155. The van der Waals surface area contributed by atoms with Gasteiger partial charge in [0.05, 0.1) is 10.8 Å². The molecule has 1 atom stereocenters. The lowest BCUT2D eigenvalue weighted by molar-refractivity contribution is 0.993. The topological polar surface area (TPSA) is 0 Å². The quantitative estimate of drug-likeness (QED) is 0.452. The molecule has 0 aromatic rings. The zero-order valence-corrected chi connectivity index (χ0v) is 14.9. The highest BCUT2D eigenvalue weighted by Gasteiger charge is 2.29. The molecule has 0 heterocycles. The van der Waals surface area contributed by atoms with E-state index in [2.05, 4.69) is 0 Å². The van der Waals surface area contributed by atoms with Gasteiger partial charge in [0.15, 0.2) is 0 Å². The lowest BCUT2D eigenvalue weighted by Gasteiger charge is -2.13. The predicted octanol–water partition coefficient (Wildman–Crippen LogP) is 6.40. The molecule has 100 valence electrons. The molecule has 0 rings (SSSR count). The number of alkyl halides is 10. The summed E-state index contributed by atoms with van der Waals surface area (Å²) in [5.74, 6) is 0.137. The fraction of sp³-hybridized carbons (Fsp3) is 1.00. The lowest BCUT2D eigenvalue weighted by Crippen LogP contribution is -2.20. The Morgan fingerprint density at radius 3 is 1.06 bits per heavy atom. The molecule has 0 saturated carbocycles. The van der Waals surface area contributed by atoms with Crippen LogP contribution in [0.5, 0.6) is 0 Å². The largest absolute Gasteiger partial charge is 0.207 e. The van der Waals surface area contributed by atoms with Crippen molar-refractivity contribution in [1.82, 2.24) is 0 Å². The molecule has 0 bridgehead atoms.